The van der Waals surface area contributed by atoms with Crippen molar-refractivity contribution in [3.05, 3.63) is 47.1 Å². The Labute approximate surface area is 132 Å². The number of nitrogens with one attached hydrogen (secondary N) is 1. The van der Waals surface area contributed by atoms with E-state index in [2.05, 4.69) is 30.2 Å². The van der Waals surface area contributed by atoms with E-state index in [1.165, 1.54) is 0 Å². The number of hydrogen-bond donors (Lipinski definition) is 1. The summed E-state index contributed by atoms with van der Waals surface area (Å²) in [6.07, 6.45) is 5.86. The van der Waals surface area contributed by atoms with Gasteiger partial charge < -0.3 is 5.32 Å². The average Bonchev–Trinajstić information content (AvgIpc) is 3.01. The van der Waals surface area contributed by atoms with Crippen LogP contribution >= 0.6 is 11.3 Å². The number of rotatable bonds is 5. The first-order valence-corrected chi connectivity index (χ1v) is 7.86. The van der Waals surface area contributed by atoms with Crippen molar-refractivity contribution in [2.45, 2.75) is 20.3 Å². The van der Waals surface area contributed by atoms with Gasteiger partial charge >= 0.3 is 0 Å². The number of aryl methyl sites for hydroxylation is 1. The highest BCUT2D eigenvalue weighted by Gasteiger charge is 2.07. The molecular formula is C15H16N6S. The van der Waals surface area contributed by atoms with Crippen LogP contribution in [0.3, 0.4) is 0 Å². The first-order chi connectivity index (χ1) is 10.7. The predicted octanol–water partition coefficient (Wildman–Crippen LogP) is 2.66. The Morgan fingerprint density at radius 2 is 1.91 bits per heavy atom. The number of thiazole rings is 1. The van der Waals surface area contributed by atoms with Crippen LogP contribution in [-0.4, -0.2) is 31.5 Å². The molecule has 3 aromatic heterocycles. The molecule has 0 atom stereocenters. The second kappa shape index (κ2) is 6.57. The van der Waals surface area contributed by atoms with Crippen molar-refractivity contribution in [2.75, 3.05) is 11.9 Å². The topological polar surface area (TPSA) is 76.5 Å². The zero-order chi connectivity index (χ0) is 15.4. The second-order valence-corrected chi connectivity index (χ2v) is 5.68. The highest BCUT2D eigenvalue weighted by molar-refractivity contribution is 7.13. The van der Waals surface area contributed by atoms with Gasteiger partial charge in [-0.3, -0.25) is 0 Å². The maximum Gasteiger partial charge on any atom is 0.188 e. The monoisotopic (exact) mass is 312 g/mol. The lowest BCUT2D eigenvalue weighted by Gasteiger charge is -2.08. The van der Waals surface area contributed by atoms with Crippen LogP contribution in [0, 0.1) is 13.8 Å². The minimum absolute atomic E-state index is 0.675. The summed E-state index contributed by atoms with van der Waals surface area (Å²) in [6.45, 7) is 4.77. The van der Waals surface area contributed by atoms with Crippen molar-refractivity contribution in [2.24, 2.45) is 0 Å². The van der Waals surface area contributed by atoms with Gasteiger partial charge in [0, 0.05) is 42.0 Å². The lowest BCUT2D eigenvalue weighted by Crippen LogP contribution is -2.09. The highest BCUT2D eigenvalue weighted by Crippen LogP contribution is 2.20. The molecule has 0 fully saturated rings. The van der Waals surface area contributed by atoms with Gasteiger partial charge in [-0.05, 0) is 19.9 Å². The number of hydrogen-bond acceptors (Lipinski definition) is 7. The molecule has 1 N–H and O–H groups in total. The van der Waals surface area contributed by atoms with Crippen LogP contribution in [0.1, 0.15) is 17.0 Å². The molecule has 0 saturated heterocycles. The largest absolute Gasteiger partial charge is 0.369 e. The smallest absolute Gasteiger partial charge is 0.188 e. The Bertz CT molecular complexity index is 756. The summed E-state index contributed by atoms with van der Waals surface area (Å²) < 4.78 is 0. The summed E-state index contributed by atoms with van der Waals surface area (Å²) in [5.74, 6) is 1.56. The number of nitrogens with zero attached hydrogens (tertiary/aromatic N) is 5. The van der Waals surface area contributed by atoms with Gasteiger partial charge in [0.15, 0.2) is 10.8 Å². The molecule has 6 nitrogen and oxygen atoms in total. The maximum atomic E-state index is 4.57. The molecule has 0 spiro atoms. The zero-order valence-corrected chi connectivity index (χ0v) is 13.3. The highest BCUT2D eigenvalue weighted by atomic mass is 32.1. The lowest BCUT2D eigenvalue weighted by atomic mass is 10.2. The molecule has 7 heteroatoms. The molecule has 0 unspecified atom stereocenters. The Morgan fingerprint density at radius 3 is 2.73 bits per heavy atom. The van der Waals surface area contributed by atoms with E-state index in [1.807, 2.05) is 19.2 Å². The Balaban J connectivity index is 1.61. The summed E-state index contributed by atoms with van der Waals surface area (Å²) in [4.78, 5) is 21.4. The van der Waals surface area contributed by atoms with Crippen LogP contribution in [0.4, 0.5) is 5.82 Å². The first kappa shape index (κ1) is 14.5. The lowest BCUT2D eigenvalue weighted by molar-refractivity contribution is 0.952. The van der Waals surface area contributed by atoms with Crippen LogP contribution in [0.25, 0.3) is 10.8 Å². The summed E-state index contributed by atoms with van der Waals surface area (Å²) in [6, 6.07) is 1.80. The molecular weight excluding hydrogens is 296 g/mol. The molecule has 3 heterocycles. The molecule has 0 aromatic carbocycles. The first-order valence-electron chi connectivity index (χ1n) is 6.98. The third-order valence-electron chi connectivity index (χ3n) is 3.32. The van der Waals surface area contributed by atoms with Gasteiger partial charge in [0.2, 0.25) is 0 Å². The molecule has 0 aliphatic carbocycles. The SMILES string of the molecule is Cc1ncnc(NCCc2csc(-c3ncccn3)n2)c1C. The fourth-order valence-corrected chi connectivity index (χ4v) is 2.76. The van der Waals surface area contributed by atoms with E-state index in [0.717, 1.165) is 40.7 Å². The van der Waals surface area contributed by atoms with Crippen molar-refractivity contribution < 1.29 is 0 Å². The molecule has 112 valence electrons. The number of anilines is 1. The van der Waals surface area contributed by atoms with Crippen LogP contribution in [0.15, 0.2) is 30.2 Å². The van der Waals surface area contributed by atoms with E-state index in [4.69, 9.17) is 0 Å². The van der Waals surface area contributed by atoms with Crippen LogP contribution in [0.2, 0.25) is 0 Å². The zero-order valence-electron chi connectivity index (χ0n) is 12.4. The summed E-state index contributed by atoms with van der Waals surface area (Å²) >= 11 is 1.56. The van der Waals surface area contributed by atoms with E-state index >= 15 is 0 Å². The third kappa shape index (κ3) is 3.25. The van der Waals surface area contributed by atoms with Gasteiger partial charge in [-0.2, -0.15) is 0 Å². The second-order valence-electron chi connectivity index (χ2n) is 4.83. The minimum atomic E-state index is 0.675. The van der Waals surface area contributed by atoms with Crippen molar-refractivity contribution >= 4 is 17.2 Å². The summed E-state index contributed by atoms with van der Waals surface area (Å²) in [5.41, 5.74) is 3.11. The molecule has 0 saturated carbocycles. The van der Waals surface area contributed by atoms with E-state index in [0.29, 0.717) is 5.82 Å². The Morgan fingerprint density at radius 1 is 1.09 bits per heavy atom. The standard InChI is InChI=1S/C15H16N6S/c1-10-11(2)19-9-20-13(10)18-7-4-12-8-22-15(21-12)14-16-5-3-6-17-14/h3,5-6,8-9H,4,7H2,1-2H3,(H,18,19,20). The van der Waals surface area contributed by atoms with Crippen molar-refractivity contribution in [3.63, 3.8) is 0 Å². The Hall–Kier alpha value is -2.41. The molecule has 0 bridgehead atoms. The fourth-order valence-electron chi connectivity index (χ4n) is 1.96. The van der Waals surface area contributed by atoms with Crippen LogP contribution in [-0.2, 0) is 6.42 Å². The normalized spacial score (nSPS) is 10.6. The third-order valence-corrected chi connectivity index (χ3v) is 4.21. The van der Waals surface area contributed by atoms with Crippen molar-refractivity contribution in [1.29, 1.82) is 0 Å². The van der Waals surface area contributed by atoms with E-state index in [9.17, 15) is 0 Å². The van der Waals surface area contributed by atoms with Gasteiger partial charge in [0.1, 0.15) is 12.1 Å². The van der Waals surface area contributed by atoms with Gasteiger partial charge in [-0.1, -0.05) is 0 Å². The number of aromatic nitrogens is 5. The molecule has 3 rings (SSSR count). The van der Waals surface area contributed by atoms with Crippen molar-refractivity contribution in [1.82, 2.24) is 24.9 Å². The summed E-state index contributed by atoms with van der Waals surface area (Å²) in [7, 11) is 0. The molecule has 0 aliphatic heterocycles. The van der Waals surface area contributed by atoms with Gasteiger partial charge in [-0.15, -0.1) is 11.3 Å². The molecule has 0 amide bonds. The summed E-state index contributed by atoms with van der Waals surface area (Å²) in [5, 5.41) is 6.23. The van der Waals surface area contributed by atoms with Gasteiger partial charge in [-0.25, -0.2) is 24.9 Å². The average molecular weight is 312 g/mol. The van der Waals surface area contributed by atoms with Gasteiger partial charge in [0.05, 0.1) is 5.69 Å². The van der Waals surface area contributed by atoms with E-state index in [-0.39, 0.29) is 0 Å². The molecule has 3 aromatic rings. The molecule has 22 heavy (non-hydrogen) atoms. The predicted molar refractivity (Wildman–Crippen MR) is 86.8 cm³/mol. The minimum Gasteiger partial charge on any atom is -0.369 e. The van der Waals surface area contributed by atoms with Crippen LogP contribution < -0.4 is 5.32 Å². The quantitative estimate of drug-likeness (QED) is 0.780. The van der Waals surface area contributed by atoms with Gasteiger partial charge in [0.25, 0.3) is 0 Å². The van der Waals surface area contributed by atoms with E-state index < -0.39 is 0 Å². The Kier molecular flexibility index (Phi) is 4.34. The maximum absolute atomic E-state index is 4.57. The van der Waals surface area contributed by atoms with E-state index in [1.54, 1.807) is 36.1 Å². The molecule has 0 aliphatic rings. The fraction of sp³-hybridized carbons (Fsp3) is 0.267. The van der Waals surface area contributed by atoms with Crippen LogP contribution in [0.5, 0.6) is 0 Å². The molecule has 0 radical (unpaired) electrons. The van der Waals surface area contributed by atoms with Crippen molar-refractivity contribution in [3.8, 4) is 10.8 Å².